The molecule has 2 saturated heterocycles. The van der Waals surface area contributed by atoms with Crippen LogP contribution in [0.15, 0.2) is 0 Å². The highest BCUT2D eigenvalue weighted by molar-refractivity contribution is 7.91. The fourth-order valence-corrected chi connectivity index (χ4v) is 4.62. The summed E-state index contributed by atoms with van der Waals surface area (Å²) in [6.45, 7) is 6.01. The van der Waals surface area contributed by atoms with Crippen molar-refractivity contribution in [3.63, 3.8) is 0 Å². The van der Waals surface area contributed by atoms with Gasteiger partial charge in [0.2, 0.25) is 0 Å². The Morgan fingerprint density at radius 1 is 1.29 bits per heavy atom. The van der Waals surface area contributed by atoms with Gasteiger partial charge in [0, 0.05) is 31.7 Å². The van der Waals surface area contributed by atoms with Gasteiger partial charge in [0.1, 0.15) is 0 Å². The molecule has 0 bridgehead atoms. The summed E-state index contributed by atoms with van der Waals surface area (Å²) in [5, 5.41) is 3.29. The van der Waals surface area contributed by atoms with E-state index >= 15 is 0 Å². The minimum Gasteiger partial charge on any atom is -0.314 e. The van der Waals surface area contributed by atoms with Crippen LogP contribution < -0.4 is 5.32 Å². The zero-order valence-electron chi connectivity index (χ0n) is 8.62. The summed E-state index contributed by atoms with van der Waals surface area (Å²) in [6, 6.07) is 0. The van der Waals surface area contributed by atoms with E-state index in [-0.39, 0.29) is 5.54 Å². The first-order valence-corrected chi connectivity index (χ1v) is 7.00. The largest absolute Gasteiger partial charge is 0.314 e. The first kappa shape index (κ1) is 10.4. The maximum absolute atomic E-state index is 11.4. The van der Waals surface area contributed by atoms with E-state index in [0.29, 0.717) is 11.5 Å². The monoisotopic (exact) mass is 218 g/mol. The molecular weight excluding hydrogens is 200 g/mol. The number of nitrogens with zero attached hydrogens (tertiary/aromatic N) is 1. The van der Waals surface area contributed by atoms with Crippen molar-refractivity contribution in [3.05, 3.63) is 0 Å². The van der Waals surface area contributed by atoms with E-state index in [1.165, 1.54) is 0 Å². The van der Waals surface area contributed by atoms with E-state index in [1.807, 2.05) is 0 Å². The Bertz CT molecular complexity index is 309. The lowest BCUT2D eigenvalue weighted by Crippen LogP contribution is -2.55. The molecule has 0 aliphatic carbocycles. The minimum atomic E-state index is -2.77. The fourth-order valence-electron chi connectivity index (χ4n) is 2.45. The van der Waals surface area contributed by atoms with E-state index < -0.39 is 9.84 Å². The summed E-state index contributed by atoms with van der Waals surface area (Å²) in [5.74, 6) is 0.716. The van der Waals surface area contributed by atoms with Gasteiger partial charge >= 0.3 is 0 Å². The number of hydrogen-bond acceptors (Lipinski definition) is 4. The summed E-state index contributed by atoms with van der Waals surface area (Å²) in [6.07, 6.45) is 0.801. The highest BCUT2D eigenvalue weighted by Crippen LogP contribution is 2.29. The molecule has 1 unspecified atom stereocenters. The molecule has 2 heterocycles. The maximum atomic E-state index is 11.4. The van der Waals surface area contributed by atoms with Gasteiger partial charge in [-0.25, -0.2) is 8.42 Å². The SMILES string of the molecule is CC1(N2CCNCC2)CCS(=O)(=O)C1. The first-order valence-electron chi connectivity index (χ1n) is 5.18. The second-order valence-electron chi connectivity index (χ2n) is 4.58. The van der Waals surface area contributed by atoms with Gasteiger partial charge < -0.3 is 5.32 Å². The normalized spacial score (nSPS) is 38.6. The van der Waals surface area contributed by atoms with Gasteiger partial charge in [-0.05, 0) is 13.3 Å². The zero-order chi connectivity index (χ0) is 10.2. The summed E-state index contributed by atoms with van der Waals surface area (Å²) in [4.78, 5) is 2.33. The maximum Gasteiger partial charge on any atom is 0.152 e. The lowest BCUT2D eigenvalue weighted by atomic mass is 9.98. The first-order chi connectivity index (χ1) is 6.52. The zero-order valence-corrected chi connectivity index (χ0v) is 9.44. The molecule has 0 aromatic carbocycles. The Hall–Kier alpha value is -0.130. The Kier molecular flexibility index (Phi) is 2.57. The Morgan fingerprint density at radius 3 is 2.43 bits per heavy atom. The van der Waals surface area contributed by atoms with E-state index in [1.54, 1.807) is 0 Å². The predicted molar refractivity (Wildman–Crippen MR) is 56.1 cm³/mol. The van der Waals surface area contributed by atoms with Crippen molar-refractivity contribution in [1.29, 1.82) is 0 Å². The molecular formula is C9H18N2O2S. The van der Waals surface area contributed by atoms with Crippen LogP contribution in [0.2, 0.25) is 0 Å². The molecule has 0 radical (unpaired) electrons. The van der Waals surface area contributed by atoms with Gasteiger partial charge in [-0.1, -0.05) is 0 Å². The Labute approximate surface area is 85.6 Å². The van der Waals surface area contributed by atoms with Crippen LogP contribution in [-0.4, -0.2) is 56.5 Å². The van der Waals surface area contributed by atoms with Gasteiger partial charge in [-0.15, -0.1) is 0 Å². The summed E-state index contributed by atoms with van der Waals surface area (Å²) >= 11 is 0. The standard InChI is InChI=1S/C9H18N2O2S/c1-9(2-7-14(12,13)8-9)11-5-3-10-4-6-11/h10H,2-8H2,1H3. The molecule has 0 aromatic heterocycles. The number of hydrogen-bond donors (Lipinski definition) is 1. The predicted octanol–water partition coefficient (Wildman–Crippen LogP) is -0.531. The van der Waals surface area contributed by atoms with Crippen LogP contribution in [0.5, 0.6) is 0 Å². The van der Waals surface area contributed by atoms with Crippen LogP contribution in [0.25, 0.3) is 0 Å². The number of sulfone groups is 1. The van der Waals surface area contributed by atoms with E-state index in [0.717, 1.165) is 32.6 Å². The van der Waals surface area contributed by atoms with Crippen LogP contribution in [0.4, 0.5) is 0 Å². The van der Waals surface area contributed by atoms with Crippen LogP contribution >= 0.6 is 0 Å². The van der Waals surface area contributed by atoms with Crippen molar-refractivity contribution in [1.82, 2.24) is 10.2 Å². The molecule has 4 nitrogen and oxygen atoms in total. The molecule has 0 amide bonds. The van der Waals surface area contributed by atoms with Crippen LogP contribution in [-0.2, 0) is 9.84 Å². The molecule has 82 valence electrons. The number of rotatable bonds is 1. The van der Waals surface area contributed by atoms with Gasteiger partial charge in [0.25, 0.3) is 0 Å². The average Bonchev–Trinajstić information content (AvgIpc) is 2.44. The van der Waals surface area contributed by atoms with E-state index in [4.69, 9.17) is 0 Å². The molecule has 2 aliphatic heterocycles. The van der Waals surface area contributed by atoms with Gasteiger partial charge in [0.15, 0.2) is 9.84 Å². The van der Waals surface area contributed by atoms with E-state index in [2.05, 4.69) is 17.1 Å². The van der Waals surface area contributed by atoms with Gasteiger partial charge in [-0.2, -0.15) is 0 Å². The van der Waals surface area contributed by atoms with Crippen molar-refractivity contribution < 1.29 is 8.42 Å². The molecule has 2 aliphatic rings. The van der Waals surface area contributed by atoms with Crippen LogP contribution in [0.1, 0.15) is 13.3 Å². The molecule has 14 heavy (non-hydrogen) atoms. The number of piperazine rings is 1. The lowest BCUT2D eigenvalue weighted by Gasteiger charge is -2.40. The molecule has 0 spiro atoms. The second-order valence-corrected chi connectivity index (χ2v) is 6.76. The van der Waals surface area contributed by atoms with Crippen molar-refractivity contribution >= 4 is 9.84 Å². The smallest absolute Gasteiger partial charge is 0.152 e. The Balaban J connectivity index is 2.09. The summed E-state index contributed by atoms with van der Waals surface area (Å²) < 4.78 is 22.9. The third-order valence-electron chi connectivity index (χ3n) is 3.36. The Morgan fingerprint density at radius 2 is 1.93 bits per heavy atom. The van der Waals surface area contributed by atoms with Crippen molar-refractivity contribution in [2.75, 3.05) is 37.7 Å². The highest BCUT2D eigenvalue weighted by atomic mass is 32.2. The van der Waals surface area contributed by atoms with E-state index in [9.17, 15) is 8.42 Å². The molecule has 5 heteroatoms. The minimum absolute atomic E-state index is 0.0963. The third-order valence-corrected chi connectivity index (χ3v) is 5.25. The fraction of sp³-hybridized carbons (Fsp3) is 1.00. The molecule has 2 fully saturated rings. The quantitative estimate of drug-likeness (QED) is 0.643. The summed E-state index contributed by atoms with van der Waals surface area (Å²) in [5.41, 5.74) is -0.0963. The number of nitrogens with one attached hydrogen (secondary N) is 1. The van der Waals surface area contributed by atoms with Crippen LogP contribution in [0, 0.1) is 0 Å². The van der Waals surface area contributed by atoms with Gasteiger partial charge in [-0.3, -0.25) is 4.90 Å². The molecule has 0 saturated carbocycles. The summed E-state index contributed by atoms with van der Waals surface area (Å²) in [7, 11) is -2.77. The van der Waals surface area contributed by atoms with Gasteiger partial charge in [0.05, 0.1) is 11.5 Å². The van der Waals surface area contributed by atoms with Crippen molar-refractivity contribution in [2.24, 2.45) is 0 Å². The van der Waals surface area contributed by atoms with Crippen molar-refractivity contribution in [3.8, 4) is 0 Å². The van der Waals surface area contributed by atoms with Crippen LogP contribution in [0.3, 0.4) is 0 Å². The second kappa shape index (κ2) is 3.47. The molecule has 1 atom stereocenters. The average molecular weight is 218 g/mol. The molecule has 2 rings (SSSR count). The highest BCUT2D eigenvalue weighted by Gasteiger charge is 2.42. The lowest BCUT2D eigenvalue weighted by molar-refractivity contribution is 0.109. The molecule has 1 N–H and O–H groups in total. The van der Waals surface area contributed by atoms with Crippen molar-refractivity contribution in [2.45, 2.75) is 18.9 Å². The third kappa shape index (κ3) is 1.94. The molecule has 0 aromatic rings. The topological polar surface area (TPSA) is 49.4 Å².